The molecule has 0 bridgehead atoms. The lowest BCUT2D eigenvalue weighted by Crippen LogP contribution is -2.24. The molecule has 2 rings (SSSR count). The van der Waals surface area contributed by atoms with Crippen LogP contribution in [-0.4, -0.2) is 12.4 Å². The lowest BCUT2D eigenvalue weighted by molar-refractivity contribution is 0.585. The smallest absolute Gasteiger partial charge is 0.132 e. The van der Waals surface area contributed by atoms with Gasteiger partial charge in [-0.05, 0) is 25.3 Å². The monoisotopic (exact) mass is 440 g/mol. The zero-order chi connectivity index (χ0) is 23.3. The minimum atomic E-state index is 0.853. The number of unbranched alkanes of at least 4 members (excludes halogenated alkanes) is 13. The number of rotatable bonds is 16. The van der Waals surface area contributed by atoms with Gasteiger partial charge in [0.25, 0.3) is 0 Å². The fraction of sp³-hybridized carbons (Fsp3) is 0.700. The van der Waals surface area contributed by atoms with E-state index in [1.54, 1.807) is 0 Å². The van der Waals surface area contributed by atoms with Crippen LogP contribution in [0.2, 0.25) is 0 Å². The Morgan fingerprint density at radius 1 is 0.656 bits per heavy atom. The molecule has 0 unspecified atom stereocenters. The summed E-state index contributed by atoms with van der Waals surface area (Å²) >= 11 is 0. The first-order chi connectivity index (χ1) is 15.7. The maximum Gasteiger partial charge on any atom is 0.132 e. The Kier molecular flexibility index (Phi) is 17.8. The quantitative estimate of drug-likeness (QED) is 0.254. The van der Waals surface area contributed by atoms with Crippen molar-refractivity contribution >= 4 is 5.84 Å². The van der Waals surface area contributed by atoms with Gasteiger partial charge in [-0.2, -0.15) is 0 Å². The predicted molar refractivity (Wildman–Crippen MR) is 145 cm³/mol. The summed E-state index contributed by atoms with van der Waals surface area (Å²) in [6, 6.07) is 8.54. The highest BCUT2D eigenvalue weighted by molar-refractivity contribution is 6.00. The van der Waals surface area contributed by atoms with Gasteiger partial charge in [0.05, 0.1) is 6.54 Å². The normalized spacial score (nSPS) is 13.0. The number of aliphatic imine (C=N–C) groups is 1. The molecule has 0 saturated heterocycles. The molecule has 1 N–H and O–H groups in total. The highest BCUT2D eigenvalue weighted by Gasteiger charge is 2.08. The molecule has 0 aliphatic carbocycles. The van der Waals surface area contributed by atoms with Crippen LogP contribution in [-0.2, 0) is 0 Å². The van der Waals surface area contributed by atoms with E-state index in [0.29, 0.717) is 0 Å². The molecule has 0 amide bonds. The average Bonchev–Trinajstić information content (AvgIpc) is 2.82. The Bertz CT molecular complexity index is 604. The number of benzene rings is 1. The van der Waals surface area contributed by atoms with Crippen molar-refractivity contribution in [3.05, 3.63) is 47.2 Å². The summed E-state index contributed by atoms with van der Waals surface area (Å²) in [5.74, 6) is 1.00. The van der Waals surface area contributed by atoms with Gasteiger partial charge in [0.1, 0.15) is 5.84 Å². The highest BCUT2D eigenvalue weighted by Crippen LogP contribution is 2.15. The molecular weight excluding hydrogens is 388 g/mol. The second kappa shape index (κ2) is 20.1. The number of nitrogens with one attached hydrogen (secondary N) is 1. The van der Waals surface area contributed by atoms with Gasteiger partial charge in [0.2, 0.25) is 0 Å². The molecule has 0 radical (unpaired) electrons. The van der Waals surface area contributed by atoms with E-state index < -0.39 is 0 Å². The second-order valence-electron chi connectivity index (χ2n) is 9.47. The molecule has 0 atom stereocenters. The summed E-state index contributed by atoms with van der Waals surface area (Å²) in [6.45, 7) is 9.78. The van der Waals surface area contributed by atoms with Gasteiger partial charge in [-0.15, -0.1) is 0 Å². The van der Waals surface area contributed by atoms with Gasteiger partial charge in [-0.1, -0.05) is 140 Å². The topological polar surface area (TPSA) is 24.4 Å². The number of nitrogens with zero attached hydrogens (tertiary/aromatic N) is 1. The molecule has 2 nitrogen and oxygen atoms in total. The first-order valence-electron chi connectivity index (χ1n) is 13.8. The van der Waals surface area contributed by atoms with Gasteiger partial charge in [0.15, 0.2) is 0 Å². The molecule has 0 fully saturated rings. The van der Waals surface area contributed by atoms with Crippen molar-refractivity contribution in [3.63, 3.8) is 0 Å². The Morgan fingerprint density at radius 2 is 1.12 bits per heavy atom. The summed E-state index contributed by atoms with van der Waals surface area (Å²) in [4.78, 5) is 4.69. The fourth-order valence-corrected chi connectivity index (χ4v) is 4.00. The van der Waals surface area contributed by atoms with Crippen molar-refractivity contribution in [2.45, 2.75) is 130 Å². The van der Waals surface area contributed by atoms with Crippen LogP contribution in [0.3, 0.4) is 0 Å². The van der Waals surface area contributed by atoms with Crippen LogP contribution in [0.25, 0.3) is 0 Å². The van der Waals surface area contributed by atoms with Crippen molar-refractivity contribution in [1.82, 2.24) is 5.32 Å². The van der Waals surface area contributed by atoms with E-state index in [9.17, 15) is 0 Å². The van der Waals surface area contributed by atoms with E-state index in [0.717, 1.165) is 12.4 Å². The minimum Gasteiger partial charge on any atom is -0.346 e. The Morgan fingerprint density at radius 3 is 1.56 bits per heavy atom. The molecule has 2 heteroatoms. The van der Waals surface area contributed by atoms with E-state index in [-0.39, 0.29) is 0 Å². The standard InChI is InChI=1S/C20H30N2.C10H22/c1-3-4-5-6-7-8-9-10-18-15-21-20(22-16-18)19-13-11-17(2)12-14-19;1-3-5-7-9-10-8-6-4-2/h11-15H,3-10,16H2,1-2H3,(H,21,22);3-10H2,1-2H3. The zero-order valence-electron chi connectivity index (χ0n) is 21.9. The largest absolute Gasteiger partial charge is 0.346 e. The van der Waals surface area contributed by atoms with Crippen molar-refractivity contribution in [1.29, 1.82) is 0 Å². The maximum absolute atomic E-state index is 4.69. The summed E-state index contributed by atoms with van der Waals surface area (Å²) in [5.41, 5.74) is 3.90. The molecule has 1 heterocycles. The van der Waals surface area contributed by atoms with E-state index in [1.165, 1.54) is 119 Å². The number of amidine groups is 1. The third-order valence-corrected chi connectivity index (χ3v) is 6.24. The first kappa shape index (κ1) is 28.5. The Labute approximate surface area is 200 Å². The molecule has 0 spiro atoms. The number of aryl methyl sites for hydroxylation is 1. The van der Waals surface area contributed by atoms with Crippen molar-refractivity contribution in [3.8, 4) is 0 Å². The van der Waals surface area contributed by atoms with Crippen molar-refractivity contribution in [2.75, 3.05) is 6.54 Å². The Balaban J connectivity index is 0.000000433. The molecule has 1 aromatic rings. The van der Waals surface area contributed by atoms with Crippen LogP contribution < -0.4 is 5.32 Å². The molecule has 32 heavy (non-hydrogen) atoms. The molecule has 1 aromatic carbocycles. The van der Waals surface area contributed by atoms with Gasteiger partial charge in [0, 0.05) is 11.8 Å². The van der Waals surface area contributed by atoms with Crippen molar-refractivity contribution < 1.29 is 0 Å². The Hall–Kier alpha value is -1.57. The third kappa shape index (κ3) is 14.5. The van der Waals surface area contributed by atoms with Crippen LogP contribution in [0.15, 0.2) is 41.0 Å². The molecule has 1 aliphatic rings. The number of hydrogen-bond donors (Lipinski definition) is 1. The average molecular weight is 441 g/mol. The molecular formula is C30H52N2. The maximum atomic E-state index is 4.69. The van der Waals surface area contributed by atoms with E-state index >= 15 is 0 Å². The first-order valence-corrected chi connectivity index (χ1v) is 13.8. The van der Waals surface area contributed by atoms with Gasteiger partial charge >= 0.3 is 0 Å². The van der Waals surface area contributed by atoms with Crippen molar-refractivity contribution in [2.24, 2.45) is 4.99 Å². The lowest BCUT2D eigenvalue weighted by atomic mass is 10.0. The molecule has 0 aromatic heterocycles. The minimum absolute atomic E-state index is 0.853. The molecule has 0 saturated carbocycles. The predicted octanol–water partition coefficient (Wildman–Crippen LogP) is 9.52. The fourth-order valence-electron chi connectivity index (χ4n) is 4.00. The summed E-state index contributed by atoms with van der Waals surface area (Å²) in [5, 5.41) is 3.36. The van der Waals surface area contributed by atoms with Gasteiger partial charge in [-0.3, -0.25) is 4.99 Å². The van der Waals surface area contributed by atoms with Gasteiger partial charge in [-0.25, -0.2) is 0 Å². The summed E-state index contributed by atoms with van der Waals surface area (Å²) in [6.07, 6.45) is 24.4. The highest BCUT2D eigenvalue weighted by atomic mass is 15.0. The van der Waals surface area contributed by atoms with Crippen LogP contribution in [0.4, 0.5) is 0 Å². The van der Waals surface area contributed by atoms with E-state index in [4.69, 9.17) is 0 Å². The van der Waals surface area contributed by atoms with Crippen LogP contribution >= 0.6 is 0 Å². The van der Waals surface area contributed by atoms with Crippen LogP contribution in [0.5, 0.6) is 0 Å². The molecule has 182 valence electrons. The van der Waals surface area contributed by atoms with E-state index in [2.05, 4.69) is 68.5 Å². The van der Waals surface area contributed by atoms with Crippen LogP contribution in [0, 0.1) is 6.92 Å². The zero-order valence-corrected chi connectivity index (χ0v) is 21.9. The summed E-state index contributed by atoms with van der Waals surface area (Å²) < 4.78 is 0. The van der Waals surface area contributed by atoms with Gasteiger partial charge < -0.3 is 5.32 Å². The second-order valence-corrected chi connectivity index (χ2v) is 9.47. The summed E-state index contributed by atoms with van der Waals surface area (Å²) in [7, 11) is 0. The lowest BCUT2D eigenvalue weighted by Gasteiger charge is -2.15. The van der Waals surface area contributed by atoms with Crippen LogP contribution in [0.1, 0.15) is 135 Å². The van der Waals surface area contributed by atoms with E-state index in [1.807, 2.05) is 0 Å². The third-order valence-electron chi connectivity index (χ3n) is 6.24. The number of hydrogen-bond acceptors (Lipinski definition) is 2. The molecule has 1 aliphatic heterocycles. The SMILES string of the molecule is CCCCCCCCCC.CCCCCCCCCC1=CNC(c2ccc(C)cc2)=NC1.